The number of rotatable bonds is 7. The van der Waals surface area contributed by atoms with E-state index in [1.807, 2.05) is 6.26 Å². The van der Waals surface area contributed by atoms with E-state index >= 15 is 0 Å². The number of carboxylic acids is 1. The first-order chi connectivity index (χ1) is 9.45. The molecular weight excluding hydrogens is 274 g/mol. The third-order valence-corrected chi connectivity index (χ3v) is 4.95. The van der Waals surface area contributed by atoms with E-state index in [1.165, 1.54) is 0 Å². The fourth-order valence-electron chi connectivity index (χ4n) is 2.83. The SMILES string of the molecule is CSCC[C@@H](NC(=O)C1CCC(C(C)C)CC1)C(=O)O. The second-order valence-electron chi connectivity index (χ2n) is 6.04. The molecule has 1 amide bonds. The third-order valence-electron chi connectivity index (χ3n) is 4.31. The van der Waals surface area contributed by atoms with Gasteiger partial charge < -0.3 is 10.4 Å². The summed E-state index contributed by atoms with van der Waals surface area (Å²) in [5.74, 6) is 1.14. The Bertz CT molecular complexity index is 325. The highest BCUT2D eigenvalue weighted by atomic mass is 32.2. The van der Waals surface area contributed by atoms with Crippen LogP contribution in [0.3, 0.4) is 0 Å². The number of carbonyl (C=O) groups excluding carboxylic acids is 1. The smallest absolute Gasteiger partial charge is 0.326 e. The number of amides is 1. The van der Waals surface area contributed by atoms with Gasteiger partial charge in [-0.3, -0.25) is 4.79 Å². The molecule has 0 aliphatic heterocycles. The Kier molecular flexibility index (Phi) is 7.41. The molecule has 0 aromatic heterocycles. The van der Waals surface area contributed by atoms with Crippen molar-refractivity contribution in [2.24, 2.45) is 17.8 Å². The van der Waals surface area contributed by atoms with Gasteiger partial charge in [-0.25, -0.2) is 4.79 Å². The van der Waals surface area contributed by atoms with Crippen LogP contribution in [0.15, 0.2) is 0 Å². The highest BCUT2D eigenvalue weighted by Crippen LogP contribution is 2.33. The molecule has 1 atom stereocenters. The standard InChI is InChI=1S/C15H27NO3S/c1-10(2)11-4-6-12(7-5-11)14(17)16-13(15(18)19)8-9-20-3/h10-13H,4-9H2,1-3H3,(H,16,17)(H,18,19)/t11?,12?,13-/m1/s1. The summed E-state index contributed by atoms with van der Waals surface area (Å²) in [6, 6.07) is -0.738. The maximum Gasteiger partial charge on any atom is 0.326 e. The van der Waals surface area contributed by atoms with Gasteiger partial charge in [-0.1, -0.05) is 13.8 Å². The molecule has 1 aliphatic rings. The number of nitrogens with one attached hydrogen (secondary N) is 1. The van der Waals surface area contributed by atoms with Crippen LogP contribution >= 0.6 is 11.8 Å². The number of aliphatic carboxylic acids is 1. The van der Waals surface area contributed by atoms with Gasteiger partial charge in [-0.05, 0) is 55.9 Å². The summed E-state index contributed by atoms with van der Waals surface area (Å²) in [5, 5.41) is 11.9. The van der Waals surface area contributed by atoms with Crippen LogP contribution in [0.25, 0.3) is 0 Å². The van der Waals surface area contributed by atoms with E-state index in [-0.39, 0.29) is 11.8 Å². The van der Waals surface area contributed by atoms with Gasteiger partial charge >= 0.3 is 5.97 Å². The largest absolute Gasteiger partial charge is 0.480 e. The van der Waals surface area contributed by atoms with Crippen molar-refractivity contribution in [1.82, 2.24) is 5.32 Å². The van der Waals surface area contributed by atoms with E-state index in [2.05, 4.69) is 19.2 Å². The Balaban J connectivity index is 2.43. The van der Waals surface area contributed by atoms with Gasteiger partial charge in [-0.2, -0.15) is 11.8 Å². The van der Waals surface area contributed by atoms with Crippen LogP contribution in [0.4, 0.5) is 0 Å². The molecule has 0 spiro atoms. The van der Waals surface area contributed by atoms with Crippen LogP contribution < -0.4 is 5.32 Å². The highest BCUT2D eigenvalue weighted by Gasteiger charge is 2.29. The predicted octanol–water partition coefficient (Wildman–Crippen LogP) is 2.77. The van der Waals surface area contributed by atoms with Crippen LogP contribution in [0.5, 0.6) is 0 Å². The van der Waals surface area contributed by atoms with Crippen molar-refractivity contribution in [3.63, 3.8) is 0 Å². The summed E-state index contributed by atoms with van der Waals surface area (Å²) < 4.78 is 0. The minimum Gasteiger partial charge on any atom is -0.480 e. The molecule has 1 aliphatic carbocycles. The quantitative estimate of drug-likeness (QED) is 0.759. The summed E-state index contributed by atoms with van der Waals surface area (Å²) in [4.78, 5) is 23.3. The van der Waals surface area contributed by atoms with Crippen LogP contribution in [0, 0.1) is 17.8 Å². The van der Waals surface area contributed by atoms with E-state index in [1.54, 1.807) is 11.8 Å². The lowest BCUT2D eigenvalue weighted by Crippen LogP contribution is -2.44. The van der Waals surface area contributed by atoms with Gasteiger partial charge in [0.1, 0.15) is 6.04 Å². The Morgan fingerprint density at radius 2 is 1.85 bits per heavy atom. The fourth-order valence-corrected chi connectivity index (χ4v) is 3.30. The monoisotopic (exact) mass is 301 g/mol. The van der Waals surface area contributed by atoms with E-state index in [4.69, 9.17) is 5.11 Å². The summed E-state index contributed by atoms with van der Waals surface area (Å²) in [6.07, 6.45) is 6.38. The first kappa shape index (κ1) is 17.3. The Morgan fingerprint density at radius 3 is 2.30 bits per heavy atom. The molecular formula is C15H27NO3S. The van der Waals surface area contributed by atoms with Crippen molar-refractivity contribution >= 4 is 23.6 Å². The van der Waals surface area contributed by atoms with Crippen LogP contribution in [-0.2, 0) is 9.59 Å². The van der Waals surface area contributed by atoms with Crippen molar-refractivity contribution in [2.45, 2.75) is 52.0 Å². The summed E-state index contributed by atoms with van der Waals surface area (Å²) in [6.45, 7) is 4.46. The zero-order valence-corrected chi connectivity index (χ0v) is 13.5. The summed E-state index contributed by atoms with van der Waals surface area (Å²) >= 11 is 1.60. The van der Waals surface area contributed by atoms with Gasteiger partial charge in [0, 0.05) is 5.92 Å². The normalized spacial score (nSPS) is 24.4. The van der Waals surface area contributed by atoms with Gasteiger partial charge in [0.05, 0.1) is 0 Å². The van der Waals surface area contributed by atoms with Gasteiger partial charge in [0.2, 0.25) is 5.91 Å². The summed E-state index contributed by atoms with van der Waals surface area (Å²) in [5.41, 5.74) is 0. The molecule has 0 aromatic rings. The first-order valence-electron chi connectivity index (χ1n) is 7.47. The van der Waals surface area contributed by atoms with Crippen LogP contribution in [0.2, 0.25) is 0 Å². The molecule has 1 fully saturated rings. The second kappa shape index (κ2) is 8.55. The maximum absolute atomic E-state index is 12.2. The van der Waals surface area contributed by atoms with Crippen LogP contribution in [0.1, 0.15) is 46.0 Å². The molecule has 5 heteroatoms. The number of thioether (sulfide) groups is 1. The average Bonchev–Trinajstić information content (AvgIpc) is 2.42. The lowest BCUT2D eigenvalue weighted by Gasteiger charge is -2.30. The fraction of sp³-hybridized carbons (Fsp3) is 0.867. The van der Waals surface area contributed by atoms with Crippen molar-refractivity contribution in [3.8, 4) is 0 Å². The topological polar surface area (TPSA) is 66.4 Å². The first-order valence-corrected chi connectivity index (χ1v) is 8.87. The molecule has 4 nitrogen and oxygen atoms in total. The van der Waals surface area contributed by atoms with Crippen molar-refractivity contribution in [1.29, 1.82) is 0 Å². The average molecular weight is 301 g/mol. The molecule has 0 aromatic carbocycles. The molecule has 0 saturated heterocycles. The number of carbonyl (C=O) groups is 2. The van der Waals surface area contributed by atoms with Gasteiger partial charge in [0.15, 0.2) is 0 Å². The van der Waals surface area contributed by atoms with E-state index in [0.29, 0.717) is 18.3 Å². The van der Waals surface area contributed by atoms with Gasteiger partial charge in [0.25, 0.3) is 0 Å². The number of carboxylic acid groups (broad SMARTS) is 1. The van der Waals surface area contributed by atoms with E-state index < -0.39 is 12.0 Å². The third kappa shape index (κ3) is 5.35. The minimum atomic E-state index is -0.928. The van der Waals surface area contributed by atoms with Gasteiger partial charge in [-0.15, -0.1) is 0 Å². The molecule has 1 saturated carbocycles. The molecule has 0 heterocycles. The summed E-state index contributed by atoms with van der Waals surface area (Å²) in [7, 11) is 0. The molecule has 0 radical (unpaired) electrons. The van der Waals surface area contributed by atoms with Crippen molar-refractivity contribution in [2.75, 3.05) is 12.0 Å². The molecule has 0 bridgehead atoms. The Morgan fingerprint density at radius 1 is 1.25 bits per heavy atom. The minimum absolute atomic E-state index is 0.00105. The number of hydrogen-bond donors (Lipinski definition) is 2. The van der Waals surface area contributed by atoms with E-state index in [0.717, 1.165) is 31.4 Å². The van der Waals surface area contributed by atoms with Crippen molar-refractivity contribution < 1.29 is 14.7 Å². The lowest BCUT2D eigenvalue weighted by molar-refractivity contribution is -0.142. The molecule has 0 unspecified atom stereocenters. The predicted molar refractivity (Wildman–Crippen MR) is 82.9 cm³/mol. The second-order valence-corrected chi connectivity index (χ2v) is 7.02. The maximum atomic E-state index is 12.2. The van der Waals surface area contributed by atoms with Crippen molar-refractivity contribution in [3.05, 3.63) is 0 Å². The zero-order valence-electron chi connectivity index (χ0n) is 12.7. The Hall–Kier alpha value is -0.710. The molecule has 116 valence electrons. The highest BCUT2D eigenvalue weighted by molar-refractivity contribution is 7.98. The molecule has 2 N–H and O–H groups in total. The van der Waals surface area contributed by atoms with E-state index in [9.17, 15) is 9.59 Å². The molecule has 1 rings (SSSR count). The lowest BCUT2D eigenvalue weighted by atomic mass is 9.76. The van der Waals surface area contributed by atoms with Crippen LogP contribution in [-0.4, -0.2) is 35.0 Å². The Labute approximate surface area is 126 Å². The number of hydrogen-bond acceptors (Lipinski definition) is 3. The zero-order chi connectivity index (χ0) is 15.1. The molecule has 20 heavy (non-hydrogen) atoms.